The van der Waals surface area contributed by atoms with Crippen LogP contribution in [-0.2, 0) is 6.54 Å². The van der Waals surface area contributed by atoms with E-state index in [1.165, 1.54) is 27.3 Å². The van der Waals surface area contributed by atoms with Crippen LogP contribution < -0.4 is 0 Å². The van der Waals surface area contributed by atoms with Crippen LogP contribution in [0, 0.1) is 0 Å². The lowest BCUT2D eigenvalue weighted by molar-refractivity contribution is 0.386. The Bertz CT molecular complexity index is 993. The van der Waals surface area contributed by atoms with Gasteiger partial charge in [-0.2, -0.15) is 0 Å². The van der Waals surface area contributed by atoms with Gasteiger partial charge in [0.15, 0.2) is 0 Å². The molecule has 2 aromatic carbocycles. The van der Waals surface area contributed by atoms with E-state index in [4.69, 9.17) is 0 Å². The lowest BCUT2D eigenvalue weighted by Crippen LogP contribution is -2.18. The van der Waals surface area contributed by atoms with Crippen LogP contribution in [0.5, 0.6) is 0 Å². The third kappa shape index (κ3) is 2.57. The lowest BCUT2D eigenvalue weighted by Gasteiger charge is -2.10. The average molecular weight is 315 g/mol. The molecule has 0 bridgehead atoms. The number of nitrogens with zero attached hydrogens (tertiary/aromatic N) is 3. The Morgan fingerprint density at radius 2 is 1.67 bits per heavy atom. The number of hydrogen-bond donors (Lipinski definition) is 0. The van der Waals surface area contributed by atoms with Crippen LogP contribution in [0.4, 0.5) is 0 Å². The monoisotopic (exact) mass is 315 g/mol. The standard InChI is InChI=1S/C21H21N3/c1-23(2)13-14-24-15-20(19-11-6-12-22-21(19)24)18-10-5-8-16-7-3-4-9-17(16)18/h3-12,15H,13-14H2,1-2H3. The summed E-state index contributed by atoms with van der Waals surface area (Å²) < 4.78 is 2.27. The maximum absolute atomic E-state index is 4.63. The topological polar surface area (TPSA) is 21.1 Å². The molecular weight excluding hydrogens is 294 g/mol. The minimum Gasteiger partial charge on any atom is -0.331 e. The highest BCUT2D eigenvalue weighted by atomic mass is 15.1. The van der Waals surface area contributed by atoms with Crippen molar-refractivity contribution >= 4 is 21.8 Å². The van der Waals surface area contributed by atoms with Crippen LogP contribution >= 0.6 is 0 Å². The molecule has 0 N–H and O–H groups in total. The fourth-order valence-electron chi connectivity index (χ4n) is 3.28. The predicted molar refractivity (Wildman–Crippen MR) is 101 cm³/mol. The van der Waals surface area contributed by atoms with E-state index in [9.17, 15) is 0 Å². The summed E-state index contributed by atoms with van der Waals surface area (Å²) in [5.41, 5.74) is 3.59. The zero-order valence-electron chi connectivity index (χ0n) is 14.1. The molecule has 2 aromatic heterocycles. The molecule has 3 nitrogen and oxygen atoms in total. The van der Waals surface area contributed by atoms with Crippen molar-refractivity contribution in [3.05, 3.63) is 67.0 Å². The number of fused-ring (bicyclic) bond motifs is 2. The van der Waals surface area contributed by atoms with Crippen molar-refractivity contribution in [3.8, 4) is 11.1 Å². The zero-order valence-corrected chi connectivity index (χ0v) is 14.1. The Morgan fingerprint density at radius 3 is 2.54 bits per heavy atom. The highest BCUT2D eigenvalue weighted by Gasteiger charge is 2.13. The van der Waals surface area contributed by atoms with Crippen LogP contribution in [0.1, 0.15) is 0 Å². The number of pyridine rings is 1. The molecule has 0 amide bonds. The lowest BCUT2D eigenvalue weighted by atomic mass is 9.98. The predicted octanol–water partition coefficient (Wildman–Crippen LogP) is 4.42. The summed E-state index contributed by atoms with van der Waals surface area (Å²) in [4.78, 5) is 6.83. The second-order valence-electron chi connectivity index (χ2n) is 6.44. The van der Waals surface area contributed by atoms with Crippen molar-refractivity contribution in [2.24, 2.45) is 0 Å². The summed E-state index contributed by atoms with van der Waals surface area (Å²) in [6, 6.07) is 19.3. The smallest absolute Gasteiger partial charge is 0.140 e. The molecule has 4 aromatic rings. The van der Waals surface area contributed by atoms with Crippen molar-refractivity contribution in [1.82, 2.24) is 14.5 Å². The van der Waals surface area contributed by atoms with Gasteiger partial charge < -0.3 is 9.47 Å². The van der Waals surface area contributed by atoms with Gasteiger partial charge in [-0.1, -0.05) is 42.5 Å². The van der Waals surface area contributed by atoms with Gasteiger partial charge in [0.1, 0.15) is 5.65 Å². The van der Waals surface area contributed by atoms with Gasteiger partial charge in [0.2, 0.25) is 0 Å². The van der Waals surface area contributed by atoms with Crippen molar-refractivity contribution in [3.63, 3.8) is 0 Å². The fourth-order valence-corrected chi connectivity index (χ4v) is 3.28. The van der Waals surface area contributed by atoms with E-state index < -0.39 is 0 Å². The molecule has 0 atom stereocenters. The van der Waals surface area contributed by atoms with E-state index in [1.807, 2.05) is 12.3 Å². The van der Waals surface area contributed by atoms with E-state index in [0.29, 0.717) is 0 Å². The minimum absolute atomic E-state index is 0.936. The summed E-state index contributed by atoms with van der Waals surface area (Å²) in [5.74, 6) is 0. The first-order chi connectivity index (χ1) is 11.7. The third-order valence-corrected chi connectivity index (χ3v) is 4.50. The molecule has 0 radical (unpaired) electrons. The van der Waals surface area contributed by atoms with Gasteiger partial charge in [0.25, 0.3) is 0 Å². The first-order valence-electron chi connectivity index (χ1n) is 8.31. The van der Waals surface area contributed by atoms with Gasteiger partial charge >= 0.3 is 0 Å². The van der Waals surface area contributed by atoms with Crippen LogP contribution in [0.2, 0.25) is 0 Å². The molecule has 120 valence electrons. The Labute approximate surface area is 142 Å². The maximum atomic E-state index is 4.63. The summed E-state index contributed by atoms with van der Waals surface area (Å²) in [7, 11) is 4.20. The van der Waals surface area contributed by atoms with Crippen LogP contribution in [0.3, 0.4) is 0 Å². The van der Waals surface area contributed by atoms with Crippen molar-refractivity contribution in [2.75, 3.05) is 20.6 Å². The van der Waals surface area contributed by atoms with Gasteiger partial charge in [-0.05, 0) is 42.6 Å². The molecule has 0 aliphatic carbocycles. The Hall–Kier alpha value is -2.65. The second kappa shape index (κ2) is 6.10. The van der Waals surface area contributed by atoms with E-state index in [2.05, 4.69) is 83.3 Å². The molecule has 4 rings (SSSR count). The number of hydrogen-bond acceptors (Lipinski definition) is 2. The van der Waals surface area contributed by atoms with Crippen molar-refractivity contribution in [2.45, 2.75) is 6.54 Å². The number of benzene rings is 2. The summed E-state index contributed by atoms with van der Waals surface area (Å²) >= 11 is 0. The average Bonchev–Trinajstić information content (AvgIpc) is 2.98. The first kappa shape index (κ1) is 14.9. The maximum Gasteiger partial charge on any atom is 0.140 e. The highest BCUT2D eigenvalue weighted by molar-refractivity contribution is 6.04. The molecule has 0 aliphatic rings. The highest BCUT2D eigenvalue weighted by Crippen LogP contribution is 2.34. The molecule has 24 heavy (non-hydrogen) atoms. The molecule has 0 fully saturated rings. The molecule has 0 saturated carbocycles. The van der Waals surface area contributed by atoms with Crippen molar-refractivity contribution in [1.29, 1.82) is 0 Å². The molecule has 3 heteroatoms. The summed E-state index contributed by atoms with van der Waals surface area (Å²) in [5, 5.41) is 3.77. The normalized spacial score (nSPS) is 11.6. The minimum atomic E-state index is 0.936. The first-order valence-corrected chi connectivity index (χ1v) is 8.31. The van der Waals surface area contributed by atoms with Crippen LogP contribution in [0.15, 0.2) is 67.0 Å². The summed E-state index contributed by atoms with van der Waals surface area (Å²) in [6.45, 7) is 1.93. The Balaban J connectivity index is 1.93. The van der Waals surface area contributed by atoms with E-state index in [-0.39, 0.29) is 0 Å². The van der Waals surface area contributed by atoms with Crippen molar-refractivity contribution < 1.29 is 0 Å². The molecule has 0 saturated heterocycles. The zero-order chi connectivity index (χ0) is 16.5. The molecule has 0 aliphatic heterocycles. The van der Waals surface area contributed by atoms with E-state index in [0.717, 1.165) is 18.7 Å². The fraction of sp³-hybridized carbons (Fsp3) is 0.190. The van der Waals surface area contributed by atoms with Gasteiger partial charge in [0, 0.05) is 36.4 Å². The van der Waals surface area contributed by atoms with Gasteiger partial charge in [-0.3, -0.25) is 0 Å². The number of aromatic nitrogens is 2. The largest absolute Gasteiger partial charge is 0.331 e. The van der Waals surface area contributed by atoms with E-state index >= 15 is 0 Å². The Morgan fingerprint density at radius 1 is 0.875 bits per heavy atom. The third-order valence-electron chi connectivity index (χ3n) is 4.50. The van der Waals surface area contributed by atoms with Crippen LogP contribution in [-0.4, -0.2) is 35.1 Å². The SMILES string of the molecule is CN(C)CCn1cc(-c2cccc3ccccc23)c2cccnc21. The van der Waals surface area contributed by atoms with Gasteiger partial charge in [0.05, 0.1) is 0 Å². The second-order valence-corrected chi connectivity index (χ2v) is 6.44. The molecule has 2 heterocycles. The molecule has 0 unspecified atom stereocenters. The van der Waals surface area contributed by atoms with Gasteiger partial charge in [-0.25, -0.2) is 4.98 Å². The quantitative estimate of drug-likeness (QED) is 0.556. The molecular formula is C21H21N3. The number of rotatable bonds is 4. The summed E-state index contributed by atoms with van der Waals surface area (Å²) in [6.07, 6.45) is 4.13. The van der Waals surface area contributed by atoms with E-state index in [1.54, 1.807) is 0 Å². The number of likely N-dealkylation sites (N-methyl/N-ethyl adjacent to an activating group) is 1. The Kier molecular flexibility index (Phi) is 3.79. The van der Waals surface area contributed by atoms with Crippen LogP contribution in [0.25, 0.3) is 32.9 Å². The molecule has 0 spiro atoms. The van der Waals surface area contributed by atoms with Gasteiger partial charge in [-0.15, -0.1) is 0 Å².